The van der Waals surface area contributed by atoms with E-state index in [4.69, 9.17) is 5.11 Å². The molecule has 3 N–H and O–H groups in total. The predicted octanol–water partition coefficient (Wildman–Crippen LogP) is 1.32. The maximum absolute atomic E-state index is 12.6. The minimum Gasteiger partial charge on any atom is -0.505 e. The van der Waals surface area contributed by atoms with Gasteiger partial charge in [-0.25, -0.2) is 4.39 Å². The lowest BCUT2D eigenvalue weighted by Crippen LogP contribution is -2.19. The van der Waals surface area contributed by atoms with Gasteiger partial charge in [-0.15, -0.1) is 0 Å². The molecule has 0 saturated heterocycles. The molecule has 0 aliphatic rings. The molecule has 0 saturated carbocycles. The molecule has 1 aromatic rings. The highest BCUT2D eigenvalue weighted by Gasteiger charge is 2.18. The summed E-state index contributed by atoms with van der Waals surface area (Å²) in [6, 6.07) is 3.44. The van der Waals surface area contributed by atoms with E-state index >= 15 is 0 Å². The summed E-state index contributed by atoms with van der Waals surface area (Å²) >= 11 is 3.00. The summed E-state index contributed by atoms with van der Waals surface area (Å²) in [5.74, 6) is -1.29. The molecule has 1 rings (SSSR count). The molecule has 1 aromatic carbocycles. The fourth-order valence-electron chi connectivity index (χ4n) is 1.02. The van der Waals surface area contributed by atoms with Crippen molar-refractivity contribution in [2.45, 2.75) is 12.2 Å². The van der Waals surface area contributed by atoms with Crippen molar-refractivity contribution in [3.8, 4) is 5.75 Å². The van der Waals surface area contributed by atoms with Gasteiger partial charge < -0.3 is 15.3 Å². The number of phenols is 1. The summed E-state index contributed by atoms with van der Waals surface area (Å²) in [4.78, 5) is 0. The summed E-state index contributed by atoms with van der Waals surface area (Å²) in [6.07, 6.45) is -2.12. The van der Waals surface area contributed by atoms with Crippen molar-refractivity contribution in [3.63, 3.8) is 0 Å². The monoisotopic (exact) mass is 264 g/mol. The number of phenolic OH excluding ortho intramolecular Hbond substituents is 1. The van der Waals surface area contributed by atoms with E-state index in [0.717, 1.165) is 12.1 Å². The number of hydrogen-bond donors (Lipinski definition) is 3. The maximum atomic E-state index is 12.6. The van der Waals surface area contributed by atoms with Crippen molar-refractivity contribution in [1.29, 1.82) is 0 Å². The van der Waals surface area contributed by atoms with Gasteiger partial charge in [0.1, 0.15) is 6.10 Å². The van der Waals surface area contributed by atoms with Crippen molar-refractivity contribution >= 4 is 15.9 Å². The molecule has 0 spiro atoms. The fourth-order valence-corrected chi connectivity index (χ4v) is 1.37. The zero-order chi connectivity index (χ0) is 10.7. The van der Waals surface area contributed by atoms with Crippen LogP contribution in [0, 0.1) is 5.82 Å². The normalized spacial score (nSPS) is 15.1. The van der Waals surface area contributed by atoms with Crippen molar-refractivity contribution in [3.05, 3.63) is 29.6 Å². The number of alkyl halides is 1. The first-order valence-electron chi connectivity index (χ1n) is 3.96. The Morgan fingerprint density at radius 1 is 1.36 bits per heavy atom. The minimum atomic E-state index is -1.14. The number of aliphatic hydroxyl groups excluding tert-OH is 2. The third-order valence-corrected chi connectivity index (χ3v) is 2.50. The Hall–Kier alpha value is -0.650. The lowest BCUT2D eigenvalue weighted by molar-refractivity contribution is 0.0341. The summed E-state index contributed by atoms with van der Waals surface area (Å²) in [6.45, 7) is 0. The molecule has 0 aliphatic heterocycles. The van der Waals surface area contributed by atoms with Gasteiger partial charge in [0.05, 0.1) is 6.10 Å². The van der Waals surface area contributed by atoms with Gasteiger partial charge in [-0.2, -0.15) is 0 Å². The van der Waals surface area contributed by atoms with E-state index in [0.29, 0.717) is 0 Å². The first-order chi connectivity index (χ1) is 6.56. The Morgan fingerprint density at radius 3 is 2.50 bits per heavy atom. The van der Waals surface area contributed by atoms with Gasteiger partial charge in [-0.05, 0) is 17.7 Å². The molecule has 2 atom stereocenters. The first kappa shape index (κ1) is 11.4. The lowest BCUT2D eigenvalue weighted by Gasteiger charge is -2.15. The van der Waals surface area contributed by atoms with Crippen molar-refractivity contribution in [2.24, 2.45) is 0 Å². The van der Waals surface area contributed by atoms with Crippen LogP contribution in [0.2, 0.25) is 0 Å². The van der Waals surface area contributed by atoms with Gasteiger partial charge >= 0.3 is 0 Å². The molecule has 3 nitrogen and oxygen atoms in total. The van der Waals surface area contributed by atoms with Crippen molar-refractivity contribution < 1.29 is 19.7 Å². The average Bonchev–Trinajstić information content (AvgIpc) is 2.20. The molecular weight excluding hydrogens is 255 g/mol. The van der Waals surface area contributed by atoms with Gasteiger partial charge in [0, 0.05) is 5.33 Å². The SMILES string of the molecule is Oc1cc(C(O)C(O)CBr)ccc1F. The molecule has 0 radical (unpaired) electrons. The summed E-state index contributed by atoms with van der Waals surface area (Å²) in [5.41, 5.74) is 0.274. The van der Waals surface area contributed by atoms with Crippen LogP contribution in [0.1, 0.15) is 11.7 Å². The molecule has 0 aromatic heterocycles. The van der Waals surface area contributed by atoms with Crippen LogP contribution in [-0.4, -0.2) is 26.8 Å². The largest absolute Gasteiger partial charge is 0.505 e. The number of rotatable bonds is 3. The van der Waals surface area contributed by atoms with Crippen LogP contribution in [0.4, 0.5) is 4.39 Å². The van der Waals surface area contributed by atoms with Gasteiger partial charge in [0.25, 0.3) is 0 Å². The lowest BCUT2D eigenvalue weighted by atomic mass is 10.1. The maximum Gasteiger partial charge on any atom is 0.164 e. The number of hydrogen-bond acceptors (Lipinski definition) is 3. The van der Waals surface area contributed by atoms with Crippen molar-refractivity contribution in [2.75, 3.05) is 5.33 Å². The predicted molar refractivity (Wildman–Crippen MR) is 52.8 cm³/mol. The third kappa shape index (κ3) is 2.43. The van der Waals surface area contributed by atoms with E-state index in [1.165, 1.54) is 6.07 Å². The van der Waals surface area contributed by atoms with Gasteiger partial charge in [0.15, 0.2) is 11.6 Å². The quantitative estimate of drug-likeness (QED) is 0.722. The summed E-state index contributed by atoms with van der Waals surface area (Å²) in [5, 5.41) is 28.0. The van der Waals surface area contributed by atoms with E-state index in [-0.39, 0.29) is 10.9 Å². The van der Waals surface area contributed by atoms with Crippen LogP contribution in [-0.2, 0) is 0 Å². The Balaban J connectivity index is 2.91. The molecule has 5 heteroatoms. The van der Waals surface area contributed by atoms with E-state index in [9.17, 15) is 14.6 Å². The molecule has 0 bridgehead atoms. The van der Waals surface area contributed by atoms with Gasteiger partial charge in [-0.3, -0.25) is 0 Å². The third-order valence-electron chi connectivity index (χ3n) is 1.83. The summed E-state index contributed by atoms with van der Waals surface area (Å²) < 4.78 is 12.6. The Labute approximate surface area is 88.9 Å². The molecule has 0 fully saturated rings. The Morgan fingerprint density at radius 2 is 2.00 bits per heavy atom. The molecule has 2 unspecified atom stereocenters. The van der Waals surface area contributed by atoms with E-state index in [2.05, 4.69) is 15.9 Å². The van der Waals surface area contributed by atoms with E-state index in [1.54, 1.807) is 0 Å². The molecular formula is C9H10BrFO3. The van der Waals surface area contributed by atoms with E-state index < -0.39 is 23.8 Å². The van der Waals surface area contributed by atoms with Crippen molar-refractivity contribution in [1.82, 2.24) is 0 Å². The second-order valence-electron chi connectivity index (χ2n) is 2.88. The van der Waals surface area contributed by atoms with Crippen LogP contribution in [0.3, 0.4) is 0 Å². The number of benzene rings is 1. The fraction of sp³-hybridized carbons (Fsp3) is 0.333. The zero-order valence-electron chi connectivity index (χ0n) is 7.19. The van der Waals surface area contributed by atoms with Gasteiger partial charge in [0.2, 0.25) is 0 Å². The number of halogens is 2. The second-order valence-corrected chi connectivity index (χ2v) is 3.52. The molecule has 0 heterocycles. The standard InChI is InChI=1S/C9H10BrFO3/c10-4-8(13)9(14)5-1-2-6(11)7(12)3-5/h1-3,8-9,12-14H,4H2. The smallest absolute Gasteiger partial charge is 0.164 e. The number of aromatic hydroxyl groups is 1. The second kappa shape index (κ2) is 4.72. The zero-order valence-corrected chi connectivity index (χ0v) is 8.78. The molecule has 78 valence electrons. The highest BCUT2D eigenvalue weighted by molar-refractivity contribution is 9.09. The highest BCUT2D eigenvalue weighted by atomic mass is 79.9. The molecule has 0 amide bonds. The topological polar surface area (TPSA) is 60.7 Å². The highest BCUT2D eigenvalue weighted by Crippen LogP contribution is 2.24. The van der Waals surface area contributed by atoms with E-state index in [1.807, 2.05) is 0 Å². The van der Waals surface area contributed by atoms with Crippen LogP contribution in [0.5, 0.6) is 5.75 Å². The van der Waals surface area contributed by atoms with Crippen LogP contribution >= 0.6 is 15.9 Å². The Bertz CT molecular complexity index is 319. The molecule has 14 heavy (non-hydrogen) atoms. The number of aliphatic hydroxyl groups is 2. The van der Waals surface area contributed by atoms with Crippen LogP contribution in [0.15, 0.2) is 18.2 Å². The summed E-state index contributed by atoms with van der Waals surface area (Å²) in [7, 11) is 0. The van der Waals surface area contributed by atoms with Crippen LogP contribution in [0.25, 0.3) is 0 Å². The first-order valence-corrected chi connectivity index (χ1v) is 5.09. The van der Waals surface area contributed by atoms with Gasteiger partial charge in [-0.1, -0.05) is 22.0 Å². The molecule has 0 aliphatic carbocycles. The van der Waals surface area contributed by atoms with Crippen LogP contribution < -0.4 is 0 Å². The average molecular weight is 265 g/mol. The minimum absolute atomic E-state index is 0.201. The Kier molecular flexibility index (Phi) is 3.86.